The van der Waals surface area contributed by atoms with Gasteiger partial charge < -0.3 is 10.2 Å². The first-order valence-corrected chi connectivity index (χ1v) is 4.81. The quantitative estimate of drug-likeness (QED) is 0.617. The van der Waals surface area contributed by atoms with E-state index in [1.165, 1.54) is 0 Å². The maximum atomic E-state index is 10.5. The Kier molecular flexibility index (Phi) is 2.34. The molecule has 1 heterocycles. The lowest BCUT2D eigenvalue weighted by molar-refractivity contribution is -0.147. The maximum Gasteiger partial charge on any atom is 0.341 e. The van der Waals surface area contributed by atoms with E-state index >= 15 is 0 Å². The molecule has 0 aromatic rings. The summed E-state index contributed by atoms with van der Waals surface area (Å²) in [7, 11) is 0. The summed E-state index contributed by atoms with van der Waals surface area (Å²) in [5.74, 6) is -1.36. The van der Waals surface area contributed by atoms with Crippen LogP contribution in [0.3, 0.4) is 0 Å². The fourth-order valence-corrected chi connectivity index (χ4v) is 3.32. The predicted molar refractivity (Wildman–Crippen MR) is 42.9 cm³/mol. The highest BCUT2D eigenvalue weighted by molar-refractivity contribution is 8.23. The van der Waals surface area contributed by atoms with Crippen LogP contribution in [0.15, 0.2) is 0 Å². The molecule has 0 bridgehead atoms. The van der Waals surface area contributed by atoms with Gasteiger partial charge in [-0.2, -0.15) is 0 Å². The van der Waals surface area contributed by atoms with Gasteiger partial charge in [-0.15, -0.1) is 23.5 Å². The molecule has 1 fully saturated rings. The molecule has 62 valence electrons. The van der Waals surface area contributed by atoms with Crippen LogP contribution < -0.4 is 0 Å². The average Bonchev–Trinajstić information content (AvgIpc) is 2.34. The molecule has 0 aromatic carbocycles. The van der Waals surface area contributed by atoms with Crippen LogP contribution in [0.4, 0.5) is 0 Å². The minimum absolute atomic E-state index is 0.587. The molecule has 0 amide bonds. The van der Waals surface area contributed by atoms with Gasteiger partial charge in [0, 0.05) is 11.5 Å². The molecule has 0 aromatic heterocycles. The molecule has 4 nitrogen and oxygen atoms in total. The van der Waals surface area contributed by atoms with Crippen molar-refractivity contribution in [1.29, 1.82) is 0 Å². The molecule has 0 radical (unpaired) electrons. The number of aliphatic carboxylic acids is 2. The van der Waals surface area contributed by atoms with Crippen LogP contribution in [0.2, 0.25) is 0 Å². The third-order valence-corrected chi connectivity index (χ3v) is 4.55. The second-order valence-corrected chi connectivity index (χ2v) is 4.80. The molecule has 0 spiro atoms. The molecule has 0 unspecified atom stereocenters. The Bertz CT molecular complexity index is 181. The molecular weight excluding hydrogens is 188 g/mol. The third-order valence-electron chi connectivity index (χ3n) is 1.26. The summed E-state index contributed by atoms with van der Waals surface area (Å²) in [5.41, 5.74) is 0. The molecule has 0 atom stereocenters. The van der Waals surface area contributed by atoms with Gasteiger partial charge in [-0.25, -0.2) is 9.59 Å². The van der Waals surface area contributed by atoms with E-state index in [9.17, 15) is 9.59 Å². The Morgan fingerprint density at radius 1 is 1.09 bits per heavy atom. The van der Waals surface area contributed by atoms with Gasteiger partial charge in [0.25, 0.3) is 4.08 Å². The minimum Gasteiger partial charge on any atom is -0.479 e. The Labute approximate surface area is 71.4 Å². The number of carboxylic acids is 2. The maximum absolute atomic E-state index is 10.5. The molecule has 1 aliphatic rings. The summed E-state index contributed by atoms with van der Waals surface area (Å²) in [5, 5.41) is 17.2. The van der Waals surface area contributed by atoms with Crippen LogP contribution in [-0.4, -0.2) is 37.7 Å². The summed E-state index contributed by atoms with van der Waals surface area (Å²) in [4.78, 5) is 21.1. The largest absolute Gasteiger partial charge is 0.479 e. The SMILES string of the molecule is O=C(O)C1(C(=O)O)SCCS1. The van der Waals surface area contributed by atoms with Gasteiger partial charge >= 0.3 is 11.9 Å². The van der Waals surface area contributed by atoms with Gasteiger partial charge in [-0.3, -0.25) is 0 Å². The summed E-state index contributed by atoms with van der Waals surface area (Å²) < 4.78 is -1.64. The average molecular weight is 194 g/mol. The van der Waals surface area contributed by atoms with Gasteiger partial charge in [0.2, 0.25) is 0 Å². The van der Waals surface area contributed by atoms with Gasteiger partial charge in [-0.1, -0.05) is 0 Å². The van der Waals surface area contributed by atoms with Gasteiger partial charge in [0.05, 0.1) is 0 Å². The molecule has 1 rings (SSSR count). The Balaban J connectivity index is 2.87. The van der Waals surface area contributed by atoms with Crippen molar-refractivity contribution in [2.24, 2.45) is 0 Å². The lowest BCUT2D eigenvalue weighted by Crippen LogP contribution is -2.38. The second-order valence-electron chi connectivity index (χ2n) is 1.92. The van der Waals surface area contributed by atoms with Crippen LogP contribution in [0.25, 0.3) is 0 Å². The van der Waals surface area contributed by atoms with Crippen molar-refractivity contribution in [2.75, 3.05) is 11.5 Å². The molecular formula is C5H6O4S2. The van der Waals surface area contributed by atoms with Crippen molar-refractivity contribution >= 4 is 35.5 Å². The van der Waals surface area contributed by atoms with Crippen molar-refractivity contribution in [3.05, 3.63) is 0 Å². The number of hydrogen-bond acceptors (Lipinski definition) is 4. The summed E-state index contributed by atoms with van der Waals surface area (Å²) in [6.07, 6.45) is 0. The van der Waals surface area contributed by atoms with Crippen LogP contribution in [0, 0.1) is 0 Å². The van der Waals surface area contributed by atoms with E-state index in [4.69, 9.17) is 10.2 Å². The van der Waals surface area contributed by atoms with E-state index in [0.29, 0.717) is 11.5 Å². The number of thioether (sulfide) groups is 2. The fourth-order valence-electron chi connectivity index (χ4n) is 0.751. The van der Waals surface area contributed by atoms with Gasteiger partial charge in [0.15, 0.2) is 0 Å². The summed E-state index contributed by atoms with van der Waals surface area (Å²) in [6, 6.07) is 0. The van der Waals surface area contributed by atoms with Crippen molar-refractivity contribution in [2.45, 2.75) is 4.08 Å². The van der Waals surface area contributed by atoms with Gasteiger partial charge in [0.1, 0.15) is 0 Å². The zero-order valence-corrected chi connectivity index (χ0v) is 7.07. The van der Waals surface area contributed by atoms with E-state index in [2.05, 4.69) is 0 Å². The molecule has 11 heavy (non-hydrogen) atoms. The van der Waals surface area contributed by atoms with Crippen molar-refractivity contribution in [3.8, 4) is 0 Å². The summed E-state index contributed by atoms with van der Waals surface area (Å²) >= 11 is 1.94. The van der Waals surface area contributed by atoms with Crippen LogP contribution in [-0.2, 0) is 9.59 Å². The standard InChI is InChI=1S/C5H6O4S2/c6-3(7)5(4(8)9)10-1-2-11-5/h1-2H2,(H,6,7)(H,8,9). The lowest BCUT2D eigenvalue weighted by atomic mass is 10.4. The summed E-state index contributed by atoms with van der Waals surface area (Å²) in [6.45, 7) is 0. The van der Waals surface area contributed by atoms with E-state index in [1.54, 1.807) is 0 Å². The molecule has 1 aliphatic heterocycles. The second kappa shape index (κ2) is 2.94. The topological polar surface area (TPSA) is 74.6 Å². The fraction of sp³-hybridized carbons (Fsp3) is 0.600. The molecule has 0 saturated carbocycles. The van der Waals surface area contributed by atoms with Crippen LogP contribution in [0.1, 0.15) is 0 Å². The highest BCUT2D eigenvalue weighted by atomic mass is 32.2. The number of carboxylic acid groups (broad SMARTS) is 2. The van der Waals surface area contributed by atoms with Crippen LogP contribution >= 0.6 is 23.5 Å². The van der Waals surface area contributed by atoms with E-state index in [0.717, 1.165) is 23.5 Å². The lowest BCUT2D eigenvalue weighted by Gasteiger charge is -2.15. The first-order chi connectivity index (χ1) is 5.09. The molecule has 2 N–H and O–H groups in total. The smallest absolute Gasteiger partial charge is 0.341 e. The molecule has 6 heteroatoms. The van der Waals surface area contributed by atoms with Crippen LogP contribution in [0.5, 0.6) is 0 Å². The number of hydrogen-bond donors (Lipinski definition) is 2. The molecule has 0 aliphatic carbocycles. The van der Waals surface area contributed by atoms with Crippen molar-refractivity contribution in [3.63, 3.8) is 0 Å². The Hall–Kier alpha value is -0.360. The third kappa shape index (κ3) is 1.32. The number of rotatable bonds is 2. The van der Waals surface area contributed by atoms with E-state index < -0.39 is 16.0 Å². The van der Waals surface area contributed by atoms with E-state index in [-0.39, 0.29) is 0 Å². The molecule has 1 saturated heterocycles. The zero-order chi connectivity index (χ0) is 8.48. The van der Waals surface area contributed by atoms with Crippen molar-refractivity contribution < 1.29 is 19.8 Å². The minimum atomic E-state index is -1.64. The Morgan fingerprint density at radius 2 is 1.45 bits per heavy atom. The highest BCUT2D eigenvalue weighted by Gasteiger charge is 2.50. The predicted octanol–water partition coefficient (Wildman–Crippen LogP) is 0.332. The van der Waals surface area contributed by atoms with E-state index in [1.807, 2.05) is 0 Å². The normalized spacial score (nSPS) is 21.5. The zero-order valence-electron chi connectivity index (χ0n) is 5.44. The first-order valence-electron chi connectivity index (χ1n) is 2.84. The van der Waals surface area contributed by atoms with Crippen molar-refractivity contribution in [1.82, 2.24) is 0 Å². The monoisotopic (exact) mass is 194 g/mol. The Morgan fingerprint density at radius 3 is 1.64 bits per heavy atom. The first kappa shape index (κ1) is 8.73. The van der Waals surface area contributed by atoms with Gasteiger partial charge in [-0.05, 0) is 0 Å². The number of carbonyl (C=O) groups is 2. The highest BCUT2D eigenvalue weighted by Crippen LogP contribution is 2.44.